The van der Waals surface area contributed by atoms with E-state index in [1.165, 1.54) is 4.90 Å². The summed E-state index contributed by atoms with van der Waals surface area (Å²) in [6.07, 6.45) is 0.355. The second kappa shape index (κ2) is 5.84. The number of nitrogens with zero attached hydrogens (tertiary/aromatic N) is 1. The van der Waals surface area contributed by atoms with Gasteiger partial charge in [0, 0.05) is 18.0 Å². The van der Waals surface area contributed by atoms with Gasteiger partial charge in [0.05, 0.1) is 0 Å². The van der Waals surface area contributed by atoms with Gasteiger partial charge in [-0.1, -0.05) is 23.7 Å². The summed E-state index contributed by atoms with van der Waals surface area (Å²) in [5, 5.41) is 9.86. The molecular weight excluding hydrogens is 286 g/mol. The van der Waals surface area contributed by atoms with Crippen molar-refractivity contribution in [3.8, 4) is 0 Å². The van der Waals surface area contributed by atoms with E-state index in [1.807, 2.05) is 0 Å². The highest BCUT2D eigenvalue weighted by atomic mass is 35.5. The van der Waals surface area contributed by atoms with Crippen LogP contribution in [0, 0.1) is 5.92 Å². The highest BCUT2D eigenvalue weighted by Gasteiger charge is 2.38. The van der Waals surface area contributed by atoms with Gasteiger partial charge in [0.2, 0.25) is 5.91 Å². The molecule has 2 atom stereocenters. The number of benzene rings is 1. The second-order valence-electron chi connectivity index (χ2n) is 4.59. The van der Waals surface area contributed by atoms with E-state index >= 15 is 0 Å². The Bertz CT molecular complexity index is 508. The van der Waals surface area contributed by atoms with Crippen LogP contribution in [-0.4, -0.2) is 34.2 Å². The normalized spacial score (nSPS) is 20.6. The Balaban J connectivity index is 2.31. The second-order valence-corrected chi connectivity index (χ2v) is 5.40. The third-order valence-corrected chi connectivity index (χ3v) is 3.96. The minimum atomic E-state index is -1.05. The van der Waals surface area contributed by atoms with Crippen LogP contribution in [0.5, 0.6) is 0 Å². The number of carboxylic acids is 1. The molecule has 0 spiro atoms. The molecule has 102 valence electrons. The van der Waals surface area contributed by atoms with Crippen molar-refractivity contribution in [3.05, 3.63) is 34.9 Å². The first-order chi connectivity index (χ1) is 9.02. The third-order valence-electron chi connectivity index (χ3n) is 3.21. The van der Waals surface area contributed by atoms with Gasteiger partial charge in [-0.05, 0) is 29.4 Å². The summed E-state index contributed by atoms with van der Waals surface area (Å²) < 4.78 is 0. The summed E-state index contributed by atoms with van der Waals surface area (Å²) in [6.45, 7) is 0.422. The molecule has 0 radical (unpaired) electrons. The summed E-state index contributed by atoms with van der Waals surface area (Å²) in [4.78, 5) is 24.8. The van der Waals surface area contributed by atoms with Crippen LogP contribution in [0.1, 0.15) is 18.0 Å². The highest BCUT2D eigenvalue weighted by molar-refractivity contribution is 7.80. The molecule has 6 heteroatoms. The Morgan fingerprint density at radius 3 is 2.84 bits per heavy atom. The van der Waals surface area contributed by atoms with Gasteiger partial charge in [0.25, 0.3) is 0 Å². The van der Waals surface area contributed by atoms with E-state index in [4.69, 9.17) is 11.6 Å². The average molecular weight is 300 g/mol. The van der Waals surface area contributed by atoms with Crippen LogP contribution in [0.15, 0.2) is 24.3 Å². The van der Waals surface area contributed by atoms with E-state index in [-0.39, 0.29) is 11.8 Å². The molecule has 0 aliphatic carbocycles. The lowest BCUT2D eigenvalue weighted by Gasteiger charge is -2.25. The first kappa shape index (κ1) is 14.2. The van der Waals surface area contributed by atoms with E-state index in [2.05, 4.69) is 12.6 Å². The van der Waals surface area contributed by atoms with Gasteiger partial charge in [-0.15, -0.1) is 0 Å². The molecule has 1 fully saturated rings. The van der Waals surface area contributed by atoms with Crippen molar-refractivity contribution in [2.24, 2.45) is 5.92 Å². The zero-order chi connectivity index (χ0) is 14.0. The van der Waals surface area contributed by atoms with Crippen LogP contribution >= 0.6 is 24.2 Å². The lowest BCUT2D eigenvalue weighted by Crippen LogP contribution is -2.35. The number of carbonyl (C=O) groups is 2. The fraction of sp³-hybridized carbons (Fsp3) is 0.385. The van der Waals surface area contributed by atoms with Gasteiger partial charge in [-0.2, -0.15) is 12.6 Å². The number of thiol groups is 1. The molecule has 4 nitrogen and oxygen atoms in total. The van der Waals surface area contributed by atoms with Crippen LogP contribution in [0.25, 0.3) is 0 Å². The number of carbonyl (C=O) groups excluding carboxylic acids is 1. The Kier molecular flexibility index (Phi) is 4.37. The number of rotatable bonds is 4. The number of hydrogen-bond donors (Lipinski definition) is 2. The molecule has 0 bridgehead atoms. The quantitative estimate of drug-likeness (QED) is 0.838. The summed E-state index contributed by atoms with van der Waals surface area (Å²) >= 11 is 10.1. The Morgan fingerprint density at radius 1 is 1.58 bits per heavy atom. The Morgan fingerprint density at radius 2 is 2.32 bits per heavy atom. The molecule has 1 aromatic rings. The maximum Gasteiger partial charge on any atom is 0.331 e. The largest absolute Gasteiger partial charge is 0.479 e. The zero-order valence-corrected chi connectivity index (χ0v) is 11.8. The van der Waals surface area contributed by atoms with E-state index in [0.717, 1.165) is 0 Å². The van der Waals surface area contributed by atoms with Crippen LogP contribution in [0.2, 0.25) is 5.02 Å². The predicted octanol–water partition coefficient (Wildman–Crippen LogP) is 2.24. The number of likely N-dealkylation sites (tertiary alicyclic amines) is 1. The van der Waals surface area contributed by atoms with E-state index in [0.29, 0.717) is 29.3 Å². The Labute approximate surface area is 121 Å². The molecular formula is C13H14ClNO3S. The smallest absolute Gasteiger partial charge is 0.331 e. The maximum atomic E-state index is 11.9. The van der Waals surface area contributed by atoms with Gasteiger partial charge in [0.15, 0.2) is 6.04 Å². The molecule has 1 amide bonds. The van der Waals surface area contributed by atoms with E-state index in [1.54, 1.807) is 24.3 Å². The molecule has 19 heavy (non-hydrogen) atoms. The summed E-state index contributed by atoms with van der Waals surface area (Å²) in [5.41, 5.74) is 0.521. The SMILES string of the molecule is O=C(O)C(c1cccc(Cl)c1)N1CC(CS)CC1=O. The standard InChI is InChI=1S/C13H14ClNO3S/c14-10-3-1-2-9(5-10)12(13(17)18)15-6-8(7-19)4-11(15)16/h1-3,5,8,12,19H,4,6-7H2,(H,17,18). The van der Waals surface area contributed by atoms with Crippen molar-refractivity contribution >= 4 is 36.1 Å². The van der Waals surface area contributed by atoms with Crippen molar-refractivity contribution in [1.82, 2.24) is 4.90 Å². The van der Waals surface area contributed by atoms with Crippen molar-refractivity contribution in [3.63, 3.8) is 0 Å². The van der Waals surface area contributed by atoms with Gasteiger partial charge in [-0.25, -0.2) is 4.79 Å². The van der Waals surface area contributed by atoms with Gasteiger partial charge in [-0.3, -0.25) is 4.79 Å². The van der Waals surface area contributed by atoms with Crippen LogP contribution < -0.4 is 0 Å². The van der Waals surface area contributed by atoms with Crippen LogP contribution in [0.4, 0.5) is 0 Å². The molecule has 1 N–H and O–H groups in total. The fourth-order valence-corrected chi connectivity index (χ4v) is 2.76. The van der Waals surface area contributed by atoms with Gasteiger partial charge >= 0.3 is 5.97 Å². The number of halogens is 1. The third kappa shape index (κ3) is 3.04. The molecule has 1 aliphatic heterocycles. The number of amides is 1. The summed E-state index contributed by atoms with van der Waals surface area (Å²) in [5.74, 6) is -0.511. The molecule has 1 aliphatic rings. The summed E-state index contributed by atoms with van der Waals surface area (Å²) in [7, 11) is 0. The monoisotopic (exact) mass is 299 g/mol. The molecule has 0 saturated carbocycles. The van der Waals surface area contributed by atoms with E-state index in [9.17, 15) is 14.7 Å². The average Bonchev–Trinajstić information content (AvgIpc) is 2.71. The predicted molar refractivity (Wildman–Crippen MR) is 75.5 cm³/mol. The van der Waals surface area contributed by atoms with Crippen LogP contribution in [-0.2, 0) is 9.59 Å². The lowest BCUT2D eigenvalue weighted by molar-refractivity contribution is -0.148. The first-order valence-electron chi connectivity index (χ1n) is 5.91. The number of carboxylic acid groups (broad SMARTS) is 1. The van der Waals surface area contributed by atoms with E-state index < -0.39 is 12.0 Å². The minimum absolute atomic E-state index is 0.108. The fourth-order valence-electron chi connectivity index (χ4n) is 2.31. The molecule has 2 unspecified atom stereocenters. The zero-order valence-electron chi connectivity index (χ0n) is 10.1. The van der Waals surface area contributed by atoms with Gasteiger partial charge < -0.3 is 10.0 Å². The highest BCUT2D eigenvalue weighted by Crippen LogP contribution is 2.30. The molecule has 1 heterocycles. The van der Waals surface area contributed by atoms with Crippen molar-refractivity contribution in [2.75, 3.05) is 12.3 Å². The first-order valence-corrected chi connectivity index (χ1v) is 6.92. The van der Waals surface area contributed by atoms with Gasteiger partial charge in [0.1, 0.15) is 0 Å². The lowest BCUT2D eigenvalue weighted by atomic mass is 10.1. The van der Waals surface area contributed by atoms with Crippen molar-refractivity contribution in [2.45, 2.75) is 12.5 Å². The van der Waals surface area contributed by atoms with Crippen molar-refractivity contribution in [1.29, 1.82) is 0 Å². The molecule has 2 rings (SSSR count). The number of aliphatic carboxylic acids is 1. The topological polar surface area (TPSA) is 57.6 Å². The molecule has 1 saturated heterocycles. The summed E-state index contributed by atoms with van der Waals surface area (Å²) in [6, 6.07) is 5.64. The van der Waals surface area contributed by atoms with Crippen molar-refractivity contribution < 1.29 is 14.7 Å². The Hall–Kier alpha value is -1.20. The van der Waals surface area contributed by atoms with Crippen LogP contribution in [0.3, 0.4) is 0 Å². The number of hydrogen-bond acceptors (Lipinski definition) is 3. The molecule has 0 aromatic heterocycles. The maximum absolute atomic E-state index is 11.9. The molecule has 1 aromatic carbocycles. The minimum Gasteiger partial charge on any atom is -0.479 e.